The fourth-order valence-electron chi connectivity index (χ4n) is 2.46. The van der Waals surface area contributed by atoms with E-state index in [1.54, 1.807) is 4.90 Å². The minimum atomic E-state index is -0.465. The summed E-state index contributed by atoms with van der Waals surface area (Å²) in [7, 11) is 0. The molecule has 1 aromatic rings. The molecule has 1 aliphatic heterocycles. The van der Waals surface area contributed by atoms with E-state index in [0.29, 0.717) is 10.6 Å². The van der Waals surface area contributed by atoms with Crippen LogP contribution < -0.4 is 5.32 Å². The van der Waals surface area contributed by atoms with Gasteiger partial charge < -0.3 is 0 Å². The molecule has 1 N–H and O–H groups in total. The van der Waals surface area contributed by atoms with E-state index < -0.39 is 5.66 Å². The Kier molecular flexibility index (Phi) is 3.03. The summed E-state index contributed by atoms with van der Waals surface area (Å²) in [5.41, 5.74) is -0.149. The number of hydrogen-bond acceptors (Lipinski definition) is 3. The normalized spacial score (nSPS) is 21.1. The highest BCUT2D eigenvalue weighted by atomic mass is 32.1. The number of thiocarbonyl (C=S) groups is 1. The Hall–Kier alpha value is -1.26. The van der Waals surface area contributed by atoms with E-state index in [2.05, 4.69) is 5.32 Å². The summed E-state index contributed by atoms with van der Waals surface area (Å²) in [6.07, 6.45) is 0. The highest BCUT2D eigenvalue weighted by molar-refractivity contribution is 7.80. The van der Waals surface area contributed by atoms with Gasteiger partial charge in [0, 0.05) is 5.56 Å². The third-order valence-electron chi connectivity index (χ3n) is 3.14. The molecule has 0 bridgehead atoms. The van der Waals surface area contributed by atoms with Crippen LogP contribution in [0.4, 0.5) is 0 Å². The first-order chi connectivity index (χ1) is 8.26. The summed E-state index contributed by atoms with van der Waals surface area (Å²) >= 11 is 5.44. The molecule has 1 saturated heterocycles. The van der Waals surface area contributed by atoms with Gasteiger partial charge in [-0.3, -0.25) is 15.0 Å². The molecule has 3 nitrogen and oxygen atoms in total. The fraction of sp³-hybridized carbons (Fsp3) is 0.429. The molecule has 0 unspecified atom stereocenters. The lowest BCUT2D eigenvalue weighted by Crippen LogP contribution is -2.50. The predicted molar refractivity (Wildman–Crippen MR) is 76.5 cm³/mol. The maximum Gasteiger partial charge on any atom is 0.260 e. The fourth-order valence-corrected chi connectivity index (χ4v) is 2.83. The Labute approximate surface area is 113 Å². The van der Waals surface area contributed by atoms with E-state index in [1.807, 2.05) is 58.0 Å². The molecule has 0 saturated carbocycles. The van der Waals surface area contributed by atoms with Gasteiger partial charge in [0.1, 0.15) is 4.99 Å². The van der Waals surface area contributed by atoms with Gasteiger partial charge in [0.25, 0.3) is 5.91 Å². The Bertz CT molecular complexity index is 494. The van der Waals surface area contributed by atoms with E-state index in [0.717, 1.165) is 0 Å². The average molecular weight is 262 g/mol. The van der Waals surface area contributed by atoms with Crippen molar-refractivity contribution in [3.63, 3.8) is 0 Å². The van der Waals surface area contributed by atoms with E-state index in [9.17, 15) is 4.79 Å². The number of hydrogen-bond donors (Lipinski definition) is 1. The first-order valence-corrected chi connectivity index (χ1v) is 6.40. The molecule has 1 amide bonds. The van der Waals surface area contributed by atoms with Crippen LogP contribution in [0.5, 0.6) is 0 Å². The molecule has 0 spiro atoms. The van der Waals surface area contributed by atoms with Gasteiger partial charge in [0.2, 0.25) is 0 Å². The highest BCUT2D eigenvalue weighted by Gasteiger charge is 2.49. The molecule has 1 aliphatic rings. The van der Waals surface area contributed by atoms with Crippen molar-refractivity contribution in [1.29, 1.82) is 0 Å². The van der Waals surface area contributed by atoms with Crippen LogP contribution >= 0.6 is 12.2 Å². The van der Waals surface area contributed by atoms with Gasteiger partial charge in [-0.15, -0.1) is 0 Å². The van der Waals surface area contributed by atoms with Gasteiger partial charge in [-0.25, -0.2) is 0 Å². The van der Waals surface area contributed by atoms with E-state index in [-0.39, 0.29) is 11.4 Å². The molecule has 4 heteroatoms. The van der Waals surface area contributed by atoms with Crippen molar-refractivity contribution in [1.82, 2.24) is 10.2 Å². The van der Waals surface area contributed by atoms with Crippen molar-refractivity contribution in [2.75, 3.05) is 0 Å². The van der Waals surface area contributed by atoms with Gasteiger partial charge in [-0.2, -0.15) is 0 Å². The van der Waals surface area contributed by atoms with E-state index in [1.165, 1.54) is 0 Å². The van der Waals surface area contributed by atoms with E-state index >= 15 is 0 Å². The third-order valence-corrected chi connectivity index (χ3v) is 3.83. The van der Waals surface area contributed by atoms with Gasteiger partial charge in [-0.05, 0) is 39.8 Å². The summed E-state index contributed by atoms with van der Waals surface area (Å²) in [6, 6.07) is 9.24. The van der Waals surface area contributed by atoms with E-state index in [4.69, 9.17) is 12.2 Å². The Morgan fingerprint density at radius 3 is 2.17 bits per heavy atom. The first kappa shape index (κ1) is 13.2. The second kappa shape index (κ2) is 4.14. The van der Waals surface area contributed by atoms with Crippen LogP contribution in [0.1, 0.15) is 38.1 Å². The minimum Gasteiger partial charge on any atom is -0.283 e. The second-order valence-electron chi connectivity index (χ2n) is 5.62. The molecule has 96 valence electrons. The summed E-state index contributed by atoms with van der Waals surface area (Å²) in [5, 5.41) is 3.38. The zero-order chi connectivity index (χ0) is 13.6. The van der Waals surface area contributed by atoms with Crippen LogP contribution in [0.25, 0.3) is 0 Å². The van der Waals surface area contributed by atoms with Crippen LogP contribution in [-0.4, -0.2) is 27.0 Å². The number of nitrogens with zero attached hydrogens (tertiary/aromatic N) is 1. The Morgan fingerprint density at radius 1 is 1.17 bits per heavy atom. The Morgan fingerprint density at radius 2 is 1.72 bits per heavy atom. The lowest BCUT2D eigenvalue weighted by molar-refractivity contribution is 0.0733. The minimum absolute atomic E-state index is 0.0522. The van der Waals surface area contributed by atoms with Gasteiger partial charge in [0.05, 0.1) is 11.2 Å². The highest BCUT2D eigenvalue weighted by Crippen LogP contribution is 2.30. The number of benzene rings is 1. The number of amides is 1. The van der Waals surface area contributed by atoms with Crippen molar-refractivity contribution < 1.29 is 4.79 Å². The maximum atomic E-state index is 12.6. The molecule has 0 aromatic heterocycles. The van der Waals surface area contributed by atoms with Gasteiger partial charge in [-0.1, -0.05) is 30.4 Å². The average Bonchev–Trinajstić information content (AvgIpc) is 2.44. The smallest absolute Gasteiger partial charge is 0.260 e. The quantitative estimate of drug-likeness (QED) is 0.790. The van der Waals surface area contributed by atoms with Crippen molar-refractivity contribution in [3.05, 3.63) is 35.9 Å². The molecule has 18 heavy (non-hydrogen) atoms. The summed E-state index contributed by atoms with van der Waals surface area (Å²) < 4.78 is 0. The number of carbonyl (C=O) groups is 1. The first-order valence-electron chi connectivity index (χ1n) is 5.99. The monoisotopic (exact) mass is 262 g/mol. The number of rotatable bonds is 1. The maximum absolute atomic E-state index is 12.6. The topological polar surface area (TPSA) is 32.3 Å². The largest absolute Gasteiger partial charge is 0.283 e. The zero-order valence-corrected chi connectivity index (χ0v) is 12.0. The van der Waals surface area contributed by atoms with Crippen LogP contribution in [0.15, 0.2) is 30.3 Å². The molecule has 0 radical (unpaired) electrons. The molecule has 1 heterocycles. The lowest BCUT2D eigenvalue weighted by Gasteiger charge is -2.30. The molecular formula is C14H18N2OS. The second-order valence-corrected chi connectivity index (χ2v) is 6.01. The lowest BCUT2D eigenvalue weighted by atomic mass is 10.1. The third kappa shape index (κ3) is 2.06. The molecule has 2 rings (SSSR count). The van der Waals surface area contributed by atoms with Crippen LogP contribution in [0.3, 0.4) is 0 Å². The van der Waals surface area contributed by atoms with Crippen molar-refractivity contribution in [2.24, 2.45) is 0 Å². The van der Waals surface area contributed by atoms with Crippen molar-refractivity contribution in [2.45, 2.75) is 38.9 Å². The molecule has 1 aromatic carbocycles. The molecule has 0 atom stereocenters. The molecule has 1 fully saturated rings. The van der Waals surface area contributed by atoms with Gasteiger partial charge in [0.15, 0.2) is 0 Å². The Balaban J connectivity index is 2.39. The van der Waals surface area contributed by atoms with Crippen LogP contribution in [-0.2, 0) is 0 Å². The van der Waals surface area contributed by atoms with Crippen LogP contribution in [0.2, 0.25) is 0 Å². The van der Waals surface area contributed by atoms with Gasteiger partial charge >= 0.3 is 0 Å². The number of carbonyl (C=O) groups excluding carboxylic acids is 1. The summed E-state index contributed by atoms with van der Waals surface area (Å²) in [5.74, 6) is -0.0522. The number of nitrogens with one attached hydrogen (secondary N) is 1. The summed E-state index contributed by atoms with van der Waals surface area (Å²) in [6.45, 7) is 7.93. The summed E-state index contributed by atoms with van der Waals surface area (Å²) in [4.78, 5) is 14.9. The SMILES string of the molecule is CC1(C)NC(C)(C)N(C(=O)c2ccccc2)C1=S. The van der Waals surface area contributed by atoms with Crippen molar-refractivity contribution in [3.8, 4) is 0 Å². The van der Waals surface area contributed by atoms with Crippen LogP contribution in [0, 0.1) is 0 Å². The predicted octanol–water partition coefficient (Wildman–Crippen LogP) is 2.57. The van der Waals surface area contributed by atoms with Crippen molar-refractivity contribution >= 4 is 23.1 Å². The standard InChI is InChI=1S/C14H18N2OS/c1-13(2)12(18)16(14(3,4)15-13)11(17)10-8-6-5-7-9-10/h5-9,15H,1-4H3. The molecular weight excluding hydrogens is 244 g/mol. The zero-order valence-electron chi connectivity index (χ0n) is 11.2. The molecule has 0 aliphatic carbocycles.